The third kappa shape index (κ3) is 2.75. The van der Waals surface area contributed by atoms with Gasteiger partial charge in [-0.1, -0.05) is 48.5 Å². The van der Waals surface area contributed by atoms with E-state index in [1.807, 2.05) is 17.9 Å². The fraction of sp³-hybridized carbons (Fsp3) is 0.318. The van der Waals surface area contributed by atoms with E-state index in [1.165, 1.54) is 27.6 Å². The minimum Gasteiger partial charge on any atom is -0.378 e. The van der Waals surface area contributed by atoms with Crippen LogP contribution < -0.4 is 0 Å². The normalized spacial score (nSPS) is 23.2. The van der Waals surface area contributed by atoms with Crippen LogP contribution in [0.25, 0.3) is 16.5 Å². The molecule has 2 unspecified atom stereocenters. The van der Waals surface area contributed by atoms with Crippen molar-refractivity contribution in [2.75, 3.05) is 13.2 Å². The number of hydrogen-bond acceptors (Lipinski definition) is 3. The number of hydrogen-bond donors (Lipinski definition) is 0. The van der Waals surface area contributed by atoms with Crippen LogP contribution in [0.1, 0.15) is 17.5 Å². The van der Waals surface area contributed by atoms with Gasteiger partial charge in [-0.2, -0.15) is 5.10 Å². The first-order chi connectivity index (χ1) is 12.8. The van der Waals surface area contributed by atoms with Crippen LogP contribution in [-0.4, -0.2) is 40.0 Å². The topological polar surface area (TPSA) is 30.3 Å². The molecule has 2 atom stereocenters. The Labute approximate surface area is 153 Å². The molecule has 4 heteroatoms. The van der Waals surface area contributed by atoms with E-state index >= 15 is 0 Å². The molecule has 3 aromatic rings. The zero-order chi connectivity index (χ0) is 17.5. The zero-order valence-corrected chi connectivity index (χ0v) is 15.0. The van der Waals surface area contributed by atoms with E-state index in [2.05, 4.69) is 64.6 Å². The Bertz CT molecular complexity index is 960. The van der Waals surface area contributed by atoms with Gasteiger partial charge in [0.05, 0.1) is 31.0 Å². The predicted molar refractivity (Wildman–Crippen MR) is 104 cm³/mol. The Morgan fingerprint density at radius 3 is 2.85 bits per heavy atom. The summed E-state index contributed by atoms with van der Waals surface area (Å²) in [7, 11) is 2.01. The van der Waals surface area contributed by atoms with Crippen molar-refractivity contribution in [3.63, 3.8) is 0 Å². The van der Waals surface area contributed by atoms with Crippen molar-refractivity contribution in [1.29, 1.82) is 0 Å². The van der Waals surface area contributed by atoms with Gasteiger partial charge in [0.1, 0.15) is 0 Å². The number of aromatic nitrogens is 2. The van der Waals surface area contributed by atoms with E-state index < -0.39 is 0 Å². The lowest BCUT2D eigenvalue weighted by atomic mass is 9.89. The zero-order valence-electron chi connectivity index (χ0n) is 15.0. The van der Waals surface area contributed by atoms with Gasteiger partial charge < -0.3 is 4.74 Å². The summed E-state index contributed by atoms with van der Waals surface area (Å²) in [5.74, 6) is 0. The molecule has 2 aliphatic rings. The van der Waals surface area contributed by atoms with Crippen molar-refractivity contribution in [2.45, 2.75) is 25.0 Å². The number of benzene rings is 2. The van der Waals surface area contributed by atoms with Gasteiger partial charge in [0, 0.05) is 25.0 Å². The highest BCUT2D eigenvalue weighted by atomic mass is 16.5. The molecule has 2 bridgehead atoms. The van der Waals surface area contributed by atoms with E-state index in [1.54, 1.807) is 0 Å². The van der Waals surface area contributed by atoms with Crippen LogP contribution >= 0.6 is 0 Å². The number of ether oxygens (including phenoxy) is 1. The molecule has 1 aromatic heterocycles. The minimum atomic E-state index is 0.347. The summed E-state index contributed by atoms with van der Waals surface area (Å²) in [6.45, 7) is 2.58. The molecule has 3 heterocycles. The highest BCUT2D eigenvalue weighted by Crippen LogP contribution is 2.34. The number of fused-ring (bicyclic) bond motifs is 3. The van der Waals surface area contributed by atoms with Gasteiger partial charge in [0.15, 0.2) is 0 Å². The molecule has 26 heavy (non-hydrogen) atoms. The monoisotopic (exact) mass is 345 g/mol. The first kappa shape index (κ1) is 15.8. The van der Waals surface area contributed by atoms with E-state index in [9.17, 15) is 0 Å². The average Bonchev–Trinajstić information content (AvgIpc) is 3.03. The Balaban J connectivity index is 1.46. The Kier molecular flexibility index (Phi) is 3.88. The summed E-state index contributed by atoms with van der Waals surface area (Å²) in [4.78, 5) is 2.60. The summed E-state index contributed by atoms with van der Waals surface area (Å²) in [6.07, 6.45) is 5.38. The maximum absolute atomic E-state index is 5.87. The van der Waals surface area contributed by atoms with Gasteiger partial charge in [-0.25, -0.2) is 0 Å². The lowest BCUT2D eigenvalue weighted by Crippen LogP contribution is -2.53. The molecule has 0 saturated carbocycles. The summed E-state index contributed by atoms with van der Waals surface area (Å²) < 4.78 is 7.82. The largest absolute Gasteiger partial charge is 0.378 e. The van der Waals surface area contributed by atoms with Crippen molar-refractivity contribution < 1.29 is 4.74 Å². The van der Waals surface area contributed by atoms with Crippen molar-refractivity contribution in [1.82, 2.24) is 14.7 Å². The van der Waals surface area contributed by atoms with E-state index in [0.717, 1.165) is 26.2 Å². The molecular formula is C22H23N3O. The fourth-order valence-electron chi connectivity index (χ4n) is 4.26. The predicted octanol–water partition coefficient (Wildman–Crippen LogP) is 3.63. The van der Waals surface area contributed by atoms with Crippen LogP contribution in [0.5, 0.6) is 0 Å². The SMILES string of the molecule is Cn1ncc2ccc(C3=CC4COCC(C3)N4Cc3ccccc3)cc21. The van der Waals surface area contributed by atoms with Crippen LogP contribution in [0.15, 0.2) is 60.8 Å². The first-order valence-corrected chi connectivity index (χ1v) is 9.28. The summed E-state index contributed by atoms with van der Waals surface area (Å²) in [5, 5.41) is 5.56. The van der Waals surface area contributed by atoms with E-state index in [4.69, 9.17) is 4.74 Å². The summed E-state index contributed by atoms with van der Waals surface area (Å²) in [5.41, 5.74) is 5.32. The van der Waals surface area contributed by atoms with Gasteiger partial charge in [0.25, 0.3) is 0 Å². The highest BCUT2D eigenvalue weighted by Gasteiger charge is 2.34. The van der Waals surface area contributed by atoms with Gasteiger partial charge in [-0.15, -0.1) is 0 Å². The molecule has 0 spiro atoms. The Morgan fingerprint density at radius 1 is 1.12 bits per heavy atom. The molecule has 2 aliphatic heterocycles. The molecule has 0 radical (unpaired) electrons. The molecule has 1 saturated heterocycles. The molecule has 5 rings (SSSR count). The summed E-state index contributed by atoms with van der Waals surface area (Å²) >= 11 is 0. The van der Waals surface area contributed by atoms with Crippen LogP contribution in [0.3, 0.4) is 0 Å². The second kappa shape index (κ2) is 6.38. The molecule has 0 amide bonds. The molecule has 1 fully saturated rings. The van der Waals surface area contributed by atoms with Crippen molar-refractivity contribution in [3.8, 4) is 0 Å². The summed E-state index contributed by atoms with van der Waals surface area (Å²) in [6, 6.07) is 18.2. The van der Waals surface area contributed by atoms with Crippen molar-refractivity contribution in [3.05, 3.63) is 71.9 Å². The smallest absolute Gasteiger partial charge is 0.0685 e. The van der Waals surface area contributed by atoms with Gasteiger partial charge in [-0.05, 0) is 29.2 Å². The van der Waals surface area contributed by atoms with Crippen LogP contribution in [-0.2, 0) is 18.3 Å². The van der Waals surface area contributed by atoms with Gasteiger partial charge >= 0.3 is 0 Å². The number of nitrogens with zero attached hydrogens (tertiary/aromatic N) is 3. The molecule has 0 N–H and O–H groups in total. The maximum Gasteiger partial charge on any atom is 0.0685 e. The Hall–Kier alpha value is -2.43. The van der Waals surface area contributed by atoms with Gasteiger partial charge in [0.2, 0.25) is 0 Å². The number of rotatable bonds is 3. The second-order valence-corrected chi connectivity index (χ2v) is 7.35. The Morgan fingerprint density at radius 2 is 2.00 bits per heavy atom. The highest BCUT2D eigenvalue weighted by molar-refractivity contribution is 5.83. The second-order valence-electron chi connectivity index (χ2n) is 7.35. The van der Waals surface area contributed by atoms with Crippen LogP contribution in [0.2, 0.25) is 0 Å². The third-order valence-corrected chi connectivity index (χ3v) is 5.67. The number of morpholine rings is 1. The lowest BCUT2D eigenvalue weighted by molar-refractivity contribution is -0.0402. The van der Waals surface area contributed by atoms with Crippen LogP contribution in [0, 0.1) is 0 Å². The standard InChI is InChI=1S/C22H23N3O/c1-24-22-11-17(7-8-18(22)12-23-24)19-9-20-14-26-15-21(10-19)25(20)13-16-5-3-2-4-6-16/h2-9,11-12,20-21H,10,13-15H2,1H3. The lowest BCUT2D eigenvalue weighted by Gasteiger charge is -2.44. The molecule has 132 valence electrons. The van der Waals surface area contributed by atoms with Crippen molar-refractivity contribution >= 4 is 16.5 Å². The maximum atomic E-state index is 5.87. The molecular weight excluding hydrogens is 322 g/mol. The van der Waals surface area contributed by atoms with Crippen LogP contribution in [0.4, 0.5) is 0 Å². The van der Waals surface area contributed by atoms with E-state index in [0.29, 0.717) is 12.1 Å². The molecule has 4 nitrogen and oxygen atoms in total. The third-order valence-electron chi connectivity index (χ3n) is 5.67. The van der Waals surface area contributed by atoms with E-state index in [-0.39, 0.29) is 0 Å². The van der Waals surface area contributed by atoms with Crippen molar-refractivity contribution in [2.24, 2.45) is 7.05 Å². The molecule has 2 aromatic carbocycles. The quantitative estimate of drug-likeness (QED) is 0.726. The average molecular weight is 345 g/mol. The minimum absolute atomic E-state index is 0.347. The number of aryl methyl sites for hydroxylation is 1. The fourth-order valence-corrected chi connectivity index (χ4v) is 4.26. The first-order valence-electron chi connectivity index (χ1n) is 9.28. The van der Waals surface area contributed by atoms with Gasteiger partial charge in [-0.3, -0.25) is 9.58 Å². The molecule has 0 aliphatic carbocycles.